The van der Waals surface area contributed by atoms with Gasteiger partial charge in [0, 0.05) is 11.9 Å². The number of thioether (sulfide) groups is 1. The Morgan fingerprint density at radius 2 is 2.00 bits per heavy atom. The summed E-state index contributed by atoms with van der Waals surface area (Å²) in [6, 6.07) is 11.6. The molecule has 0 radical (unpaired) electrons. The van der Waals surface area contributed by atoms with Crippen molar-refractivity contribution in [2.45, 2.75) is 43.4 Å². The molecule has 1 aromatic carbocycles. The number of halogens is 1. The number of hydrogen-bond donors (Lipinski definition) is 1. The highest BCUT2D eigenvalue weighted by atomic mass is 35.5. The van der Waals surface area contributed by atoms with Crippen molar-refractivity contribution in [3.63, 3.8) is 0 Å². The molecule has 5 heteroatoms. The maximum atomic E-state index is 12.5. The van der Waals surface area contributed by atoms with Gasteiger partial charge in [0.25, 0.3) is 0 Å². The first kappa shape index (κ1) is 17.8. The van der Waals surface area contributed by atoms with E-state index in [-0.39, 0.29) is 11.2 Å². The van der Waals surface area contributed by atoms with E-state index in [2.05, 4.69) is 30.2 Å². The van der Waals surface area contributed by atoms with E-state index < -0.39 is 0 Å². The molecular weight excluding hydrogens is 328 g/mol. The summed E-state index contributed by atoms with van der Waals surface area (Å²) in [4.78, 5) is 16.7. The molecule has 23 heavy (non-hydrogen) atoms. The van der Waals surface area contributed by atoms with Crippen LogP contribution in [0.2, 0.25) is 5.02 Å². The van der Waals surface area contributed by atoms with Crippen molar-refractivity contribution in [1.29, 1.82) is 0 Å². The van der Waals surface area contributed by atoms with Crippen molar-refractivity contribution in [3.8, 4) is 0 Å². The number of hydrogen-bond acceptors (Lipinski definition) is 3. The number of benzene rings is 1. The van der Waals surface area contributed by atoms with E-state index in [0.717, 1.165) is 17.1 Å². The van der Waals surface area contributed by atoms with Crippen LogP contribution in [0, 0.1) is 0 Å². The zero-order valence-electron chi connectivity index (χ0n) is 13.5. The maximum Gasteiger partial charge on any atom is 0.237 e. The van der Waals surface area contributed by atoms with Gasteiger partial charge in [0.15, 0.2) is 0 Å². The summed E-state index contributed by atoms with van der Waals surface area (Å²) in [5.74, 6) is 0.384. The Hall–Kier alpha value is -1.52. The number of anilines is 1. The van der Waals surface area contributed by atoms with Crippen LogP contribution in [-0.4, -0.2) is 16.1 Å². The first-order chi connectivity index (χ1) is 11.0. The molecule has 1 heterocycles. The lowest BCUT2D eigenvalue weighted by atomic mass is 9.97. The van der Waals surface area contributed by atoms with Crippen LogP contribution in [0.3, 0.4) is 0 Å². The molecule has 0 spiro atoms. The lowest BCUT2D eigenvalue weighted by Crippen LogP contribution is -2.23. The van der Waals surface area contributed by atoms with E-state index in [9.17, 15) is 4.79 Å². The lowest BCUT2D eigenvalue weighted by Gasteiger charge is -2.17. The Kier molecular flexibility index (Phi) is 6.48. The van der Waals surface area contributed by atoms with Crippen molar-refractivity contribution in [2.75, 3.05) is 5.32 Å². The summed E-state index contributed by atoms with van der Waals surface area (Å²) >= 11 is 7.25. The predicted octanol–water partition coefficient (Wildman–Crippen LogP) is 5.37. The van der Waals surface area contributed by atoms with Crippen molar-refractivity contribution < 1.29 is 4.79 Å². The van der Waals surface area contributed by atoms with Crippen LogP contribution >= 0.6 is 23.4 Å². The van der Waals surface area contributed by atoms with Crippen LogP contribution < -0.4 is 5.32 Å². The molecule has 0 aliphatic rings. The van der Waals surface area contributed by atoms with Crippen molar-refractivity contribution >= 4 is 35.0 Å². The van der Waals surface area contributed by atoms with Crippen LogP contribution in [0.25, 0.3) is 0 Å². The molecule has 0 aliphatic heterocycles. The number of nitrogens with zero attached hydrogens (tertiary/aromatic N) is 1. The summed E-state index contributed by atoms with van der Waals surface area (Å²) in [6.07, 6.45) is 2.62. The number of rotatable bonds is 6. The zero-order valence-corrected chi connectivity index (χ0v) is 15.1. The van der Waals surface area contributed by atoms with E-state index in [1.165, 1.54) is 17.3 Å². The van der Waals surface area contributed by atoms with E-state index in [4.69, 9.17) is 11.6 Å². The minimum absolute atomic E-state index is 0.0255. The molecule has 0 saturated carbocycles. The van der Waals surface area contributed by atoms with Crippen molar-refractivity contribution in [3.05, 3.63) is 53.2 Å². The molecule has 1 amide bonds. The minimum atomic E-state index is -0.242. The van der Waals surface area contributed by atoms with Gasteiger partial charge in [0.2, 0.25) is 5.91 Å². The van der Waals surface area contributed by atoms with Crippen LogP contribution in [0.4, 0.5) is 5.69 Å². The Labute approximate surface area is 146 Å². The molecule has 3 nitrogen and oxygen atoms in total. The number of amides is 1. The predicted molar refractivity (Wildman–Crippen MR) is 98.3 cm³/mol. The Balaban J connectivity index is 2.05. The molecular formula is C18H21ClN2OS. The number of para-hydroxylation sites is 1. The van der Waals surface area contributed by atoms with E-state index in [0.29, 0.717) is 10.9 Å². The molecule has 1 N–H and O–H groups in total. The molecule has 2 unspecified atom stereocenters. The summed E-state index contributed by atoms with van der Waals surface area (Å²) < 4.78 is 0. The average Bonchev–Trinajstić information content (AvgIpc) is 2.56. The van der Waals surface area contributed by atoms with Gasteiger partial charge in [-0.05, 0) is 43.0 Å². The first-order valence-corrected chi connectivity index (χ1v) is 8.95. The Morgan fingerprint density at radius 3 is 2.65 bits per heavy atom. The van der Waals surface area contributed by atoms with Crippen LogP contribution in [0.15, 0.2) is 47.6 Å². The minimum Gasteiger partial charge on any atom is -0.325 e. The van der Waals surface area contributed by atoms with Gasteiger partial charge < -0.3 is 5.32 Å². The fraction of sp³-hybridized carbons (Fsp3) is 0.333. The fourth-order valence-corrected chi connectivity index (χ4v) is 3.06. The average molecular weight is 349 g/mol. The number of carbonyl (C=O) groups excluding carboxylic acids is 1. The van der Waals surface area contributed by atoms with Gasteiger partial charge in [-0.25, -0.2) is 4.98 Å². The third kappa shape index (κ3) is 4.98. The molecule has 2 rings (SSSR count). The summed E-state index contributed by atoms with van der Waals surface area (Å²) in [6.45, 7) is 6.19. The zero-order chi connectivity index (χ0) is 16.8. The highest BCUT2D eigenvalue weighted by Gasteiger charge is 2.17. The van der Waals surface area contributed by atoms with E-state index in [1.54, 1.807) is 12.3 Å². The molecule has 0 fully saturated rings. The quantitative estimate of drug-likeness (QED) is 0.714. The highest BCUT2D eigenvalue weighted by molar-refractivity contribution is 8.00. The number of nitrogens with one attached hydrogen (secondary N) is 1. The second kappa shape index (κ2) is 8.37. The third-order valence-electron chi connectivity index (χ3n) is 3.73. The first-order valence-electron chi connectivity index (χ1n) is 7.69. The molecule has 122 valence electrons. The molecule has 1 aromatic heterocycles. The summed E-state index contributed by atoms with van der Waals surface area (Å²) in [7, 11) is 0. The van der Waals surface area contributed by atoms with Crippen molar-refractivity contribution in [2.24, 2.45) is 0 Å². The Bertz CT molecular complexity index is 660. The third-order valence-corrected chi connectivity index (χ3v) is 5.00. The number of aromatic nitrogens is 1. The van der Waals surface area contributed by atoms with Gasteiger partial charge >= 0.3 is 0 Å². The lowest BCUT2D eigenvalue weighted by molar-refractivity contribution is -0.115. The Morgan fingerprint density at radius 1 is 1.26 bits per heavy atom. The maximum absolute atomic E-state index is 12.5. The molecule has 0 saturated heterocycles. The topological polar surface area (TPSA) is 42.0 Å². The van der Waals surface area contributed by atoms with Crippen LogP contribution in [-0.2, 0) is 4.79 Å². The standard InChI is InChI=1S/C18H21ClN2OS/c1-4-12(2)15-7-5-6-8-16(15)21-18(22)13(3)23-17-10-9-14(19)11-20-17/h5-13H,4H2,1-3H3,(H,21,22). The molecule has 0 aliphatic carbocycles. The summed E-state index contributed by atoms with van der Waals surface area (Å²) in [5, 5.41) is 4.18. The molecule has 0 bridgehead atoms. The van der Waals surface area contributed by atoms with Gasteiger partial charge in [0.1, 0.15) is 0 Å². The van der Waals surface area contributed by atoms with Gasteiger partial charge in [-0.2, -0.15) is 0 Å². The van der Waals surface area contributed by atoms with Gasteiger partial charge in [-0.1, -0.05) is 55.4 Å². The van der Waals surface area contributed by atoms with E-state index in [1.807, 2.05) is 31.2 Å². The molecule has 2 aromatic rings. The summed E-state index contributed by atoms with van der Waals surface area (Å²) in [5.41, 5.74) is 2.06. The second-order valence-corrected chi connectivity index (χ2v) is 7.26. The SMILES string of the molecule is CCC(C)c1ccccc1NC(=O)C(C)Sc1ccc(Cl)cn1. The molecule has 2 atom stereocenters. The number of pyridine rings is 1. The van der Waals surface area contributed by atoms with Crippen LogP contribution in [0.5, 0.6) is 0 Å². The van der Waals surface area contributed by atoms with E-state index >= 15 is 0 Å². The second-order valence-electron chi connectivity index (χ2n) is 5.46. The van der Waals surface area contributed by atoms with Gasteiger partial charge in [-0.15, -0.1) is 0 Å². The van der Waals surface area contributed by atoms with Crippen LogP contribution in [0.1, 0.15) is 38.7 Å². The van der Waals surface area contributed by atoms with Gasteiger partial charge in [0.05, 0.1) is 15.3 Å². The highest BCUT2D eigenvalue weighted by Crippen LogP contribution is 2.28. The monoisotopic (exact) mass is 348 g/mol. The normalized spacial score (nSPS) is 13.4. The van der Waals surface area contributed by atoms with Gasteiger partial charge in [-0.3, -0.25) is 4.79 Å². The van der Waals surface area contributed by atoms with Crippen molar-refractivity contribution in [1.82, 2.24) is 4.98 Å². The smallest absolute Gasteiger partial charge is 0.237 e. The fourth-order valence-electron chi connectivity index (χ4n) is 2.16. The number of carbonyl (C=O) groups is 1. The largest absolute Gasteiger partial charge is 0.325 e.